The maximum absolute atomic E-state index is 6.14. The van der Waals surface area contributed by atoms with Crippen LogP contribution in [0.25, 0.3) is 11.4 Å². The molecule has 0 N–H and O–H groups in total. The lowest BCUT2D eigenvalue weighted by Gasteiger charge is -2.03. The van der Waals surface area contributed by atoms with Crippen LogP contribution in [0.3, 0.4) is 0 Å². The van der Waals surface area contributed by atoms with Gasteiger partial charge in [0.25, 0.3) is 0 Å². The predicted octanol–water partition coefficient (Wildman–Crippen LogP) is 3.35. The predicted molar refractivity (Wildman–Crippen MR) is 62.4 cm³/mol. The lowest BCUT2D eigenvalue weighted by molar-refractivity contribution is 0.900. The molecule has 2 aromatic rings. The number of aromatic nitrogens is 2. The van der Waals surface area contributed by atoms with Gasteiger partial charge in [0.15, 0.2) is 5.82 Å². The monoisotopic (exact) mass is 236 g/mol. The molecule has 76 valence electrons. The summed E-state index contributed by atoms with van der Waals surface area (Å²) in [5.41, 5.74) is 3.35. The van der Waals surface area contributed by atoms with Gasteiger partial charge in [0.2, 0.25) is 0 Å². The molecule has 0 saturated heterocycles. The molecule has 15 heavy (non-hydrogen) atoms. The number of hydrogen-bond acceptors (Lipinski definition) is 3. The van der Waals surface area contributed by atoms with Crippen LogP contribution in [0, 0.1) is 0 Å². The molecule has 0 spiro atoms. The van der Waals surface area contributed by atoms with Gasteiger partial charge in [0.05, 0.1) is 0 Å². The van der Waals surface area contributed by atoms with E-state index < -0.39 is 0 Å². The van der Waals surface area contributed by atoms with E-state index >= 15 is 0 Å². The summed E-state index contributed by atoms with van der Waals surface area (Å²) in [6.45, 7) is 0. The molecule has 0 amide bonds. The minimum Gasteiger partial charge on any atom is -0.233 e. The first-order valence-electron chi connectivity index (χ1n) is 4.92. The molecule has 0 bridgehead atoms. The van der Waals surface area contributed by atoms with Gasteiger partial charge < -0.3 is 0 Å². The molecule has 4 heteroatoms. The molecule has 0 aromatic carbocycles. The molecule has 3 rings (SSSR count). The van der Waals surface area contributed by atoms with E-state index in [0.717, 1.165) is 41.9 Å². The Kier molecular flexibility index (Phi) is 2.22. The smallest absolute Gasteiger partial charge is 0.161 e. The highest BCUT2D eigenvalue weighted by Gasteiger charge is 2.18. The fourth-order valence-corrected chi connectivity index (χ4v) is 2.83. The van der Waals surface area contributed by atoms with Crippen molar-refractivity contribution in [1.82, 2.24) is 9.97 Å². The lowest BCUT2D eigenvalue weighted by Crippen LogP contribution is -1.96. The Morgan fingerprint density at radius 2 is 2.20 bits per heavy atom. The van der Waals surface area contributed by atoms with Crippen molar-refractivity contribution >= 4 is 22.9 Å². The van der Waals surface area contributed by atoms with Crippen LogP contribution in [-0.4, -0.2) is 9.97 Å². The van der Waals surface area contributed by atoms with Crippen LogP contribution in [0.15, 0.2) is 16.8 Å². The topological polar surface area (TPSA) is 25.8 Å². The van der Waals surface area contributed by atoms with Gasteiger partial charge in [0.1, 0.15) is 5.15 Å². The summed E-state index contributed by atoms with van der Waals surface area (Å²) in [5.74, 6) is 0.766. The first-order valence-corrected chi connectivity index (χ1v) is 6.24. The summed E-state index contributed by atoms with van der Waals surface area (Å²) in [6, 6.07) is 2.03. The van der Waals surface area contributed by atoms with E-state index in [9.17, 15) is 0 Å². The van der Waals surface area contributed by atoms with Crippen LogP contribution in [0.2, 0.25) is 5.15 Å². The van der Waals surface area contributed by atoms with Crippen LogP contribution >= 0.6 is 22.9 Å². The van der Waals surface area contributed by atoms with Crippen molar-refractivity contribution in [3.05, 3.63) is 33.2 Å². The Balaban J connectivity index is 2.15. The highest BCUT2D eigenvalue weighted by Crippen LogP contribution is 2.29. The molecule has 0 radical (unpaired) electrons. The van der Waals surface area contributed by atoms with Crippen molar-refractivity contribution in [3.63, 3.8) is 0 Å². The van der Waals surface area contributed by atoms with Crippen molar-refractivity contribution in [1.29, 1.82) is 0 Å². The van der Waals surface area contributed by atoms with E-state index in [2.05, 4.69) is 9.97 Å². The van der Waals surface area contributed by atoms with Gasteiger partial charge in [-0.15, -0.1) is 0 Å². The second-order valence-electron chi connectivity index (χ2n) is 3.63. The third-order valence-electron chi connectivity index (χ3n) is 2.66. The Labute approximate surface area is 97.0 Å². The number of fused-ring (bicyclic) bond motifs is 1. The molecule has 0 aliphatic heterocycles. The summed E-state index contributed by atoms with van der Waals surface area (Å²) in [4.78, 5) is 8.92. The number of nitrogens with zero attached hydrogens (tertiary/aromatic N) is 2. The van der Waals surface area contributed by atoms with Crippen LogP contribution in [0.5, 0.6) is 0 Å². The number of halogens is 1. The molecule has 2 nitrogen and oxygen atoms in total. The fraction of sp³-hybridized carbons (Fsp3) is 0.273. The van der Waals surface area contributed by atoms with Gasteiger partial charge in [-0.3, -0.25) is 0 Å². The van der Waals surface area contributed by atoms with E-state index in [1.54, 1.807) is 11.3 Å². The summed E-state index contributed by atoms with van der Waals surface area (Å²) in [7, 11) is 0. The summed E-state index contributed by atoms with van der Waals surface area (Å²) >= 11 is 7.79. The third-order valence-corrected chi connectivity index (χ3v) is 3.66. The Hall–Kier alpha value is -0.930. The molecular weight excluding hydrogens is 228 g/mol. The van der Waals surface area contributed by atoms with Gasteiger partial charge in [-0.25, -0.2) is 9.97 Å². The zero-order valence-corrected chi connectivity index (χ0v) is 9.61. The molecular formula is C11H9ClN2S. The Bertz CT molecular complexity index is 494. The van der Waals surface area contributed by atoms with Gasteiger partial charge >= 0.3 is 0 Å². The molecule has 1 aliphatic rings. The molecule has 0 fully saturated rings. The first kappa shape index (κ1) is 9.31. The third kappa shape index (κ3) is 1.56. The number of rotatable bonds is 1. The maximum atomic E-state index is 6.14. The number of aryl methyl sites for hydroxylation is 1. The Morgan fingerprint density at radius 3 is 3.00 bits per heavy atom. The van der Waals surface area contributed by atoms with E-state index in [1.807, 2.05) is 16.8 Å². The lowest BCUT2D eigenvalue weighted by atomic mass is 10.2. The van der Waals surface area contributed by atoms with Crippen LogP contribution in [-0.2, 0) is 12.8 Å². The second kappa shape index (κ2) is 3.58. The van der Waals surface area contributed by atoms with Gasteiger partial charge in [-0.1, -0.05) is 11.6 Å². The van der Waals surface area contributed by atoms with Gasteiger partial charge in [-0.2, -0.15) is 11.3 Å². The minimum atomic E-state index is 0.638. The van der Waals surface area contributed by atoms with Gasteiger partial charge in [-0.05, 0) is 30.7 Å². The number of thiophene rings is 1. The van der Waals surface area contributed by atoms with E-state index in [-0.39, 0.29) is 0 Å². The second-order valence-corrected chi connectivity index (χ2v) is 4.77. The van der Waals surface area contributed by atoms with E-state index in [0.29, 0.717) is 5.15 Å². The summed E-state index contributed by atoms with van der Waals surface area (Å²) in [5, 5.41) is 4.71. The van der Waals surface area contributed by atoms with Crippen LogP contribution in [0.1, 0.15) is 17.7 Å². The Morgan fingerprint density at radius 1 is 1.27 bits per heavy atom. The standard InChI is InChI=1S/C11H9ClN2S/c12-10-8-2-1-3-9(8)13-11(14-10)7-4-5-15-6-7/h4-6H,1-3H2. The largest absolute Gasteiger partial charge is 0.233 e. The van der Waals surface area contributed by atoms with Crippen molar-refractivity contribution < 1.29 is 0 Å². The molecule has 0 unspecified atom stereocenters. The average Bonchev–Trinajstić information content (AvgIpc) is 2.88. The van der Waals surface area contributed by atoms with Crippen molar-refractivity contribution in [2.24, 2.45) is 0 Å². The normalized spacial score (nSPS) is 14.2. The first-order chi connectivity index (χ1) is 7.34. The van der Waals surface area contributed by atoms with E-state index in [1.165, 1.54) is 0 Å². The zero-order chi connectivity index (χ0) is 10.3. The van der Waals surface area contributed by atoms with Gasteiger partial charge in [0, 0.05) is 22.2 Å². The van der Waals surface area contributed by atoms with E-state index in [4.69, 9.17) is 11.6 Å². The van der Waals surface area contributed by atoms with Crippen LogP contribution < -0.4 is 0 Å². The summed E-state index contributed by atoms with van der Waals surface area (Å²) in [6.07, 6.45) is 3.21. The summed E-state index contributed by atoms with van der Waals surface area (Å²) < 4.78 is 0. The molecule has 0 saturated carbocycles. The minimum absolute atomic E-state index is 0.638. The SMILES string of the molecule is Clc1nc(-c2ccsc2)nc2c1CCC2. The molecule has 1 aliphatic carbocycles. The fourth-order valence-electron chi connectivity index (χ4n) is 1.91. The number of hydrogen-bond donors (Lipinski definition) is 0. The molecule has 2 heterocycles. The zero-order valence-electron chi connectivity index (χ0n) is 8.03. The molecule has 2 aromatic heterocycles. The maximum Gasteiger partial charge on any atom is 0.161 e. The molecule has 0 atom stereocenters. The van der Waals surface area contributed by atoms with Crippen LogP contribution in [0.4, 0.5) is 0 Å². The highest BCUT2D eigenvalue weighted by molar-refractivity contribution is 7.08. The average molecular weight is 237 g/mol. The van der Waals surface area contributed by atoms with Crippen molar-refractivity contribution in [2.75, 3.05) is 0 Å². The highest BCUT2D eigenvalue weighted by atomic mass is 35.5. The quantitative estimate of drug-likeness (QED) is 0.710. The van der Waals surface area contributed by atoms with Crippen molar-refractivity contribution in [2.45, 2.75) is 19.3 Å². The van der Waals surface area contributed by atoms with Crippen molar-refractivity contribution in [3.8, 4) is 11.4 Å².